The Hall–Kier alpha value is -1.38. The van der Waals surface area contributed by atoms with Gasteiger partial charge in [0.1, 0.15) is 6.07 Å². The third-order valence-electron chi connectivity index (χ3n) is 2.24. The molecular weight excluding hydrogens is 168 g/mol. The minimum Gasteiger partial charge on any atom is -0.318 e. The van der Waals surface area contributed by atoms with Crippen LogP contribution in [0.1, 0.15) is 24.1 Å². The Morgan fingerprint density at radius 1 is 1.62 bits per heavy atom. The van der Waals surface area contributed by atoms with Gasteiger partial charge in [0.25, 0.3) is 0 Å². The molecule has 0 spiro atoms. The Balaban J connectivity index is 2.49. The monoisotopic (exact) mass is 178 g/mol. The van der Waals surface area contributed by atoms with E-state index in [1.165, 1.54) is 5.06 Å². The fourth-order valence-corrected chi connectivity index (χ4v) is 1.67. The molecule has 13 heavy (non-hydrogen) atoms. The van der Waals surface area contributed by atoms with E-state index in [4.69, 9.17) is 5.26 Å². The normalized spacial score (nSPS) is 15.8. The maximum atomic E-state index is 9.22. The van der Waals surface area contributed by atoms with Gasteiger partial charge in [-0.15, -0.1) is 0 Å². The molecule has 1 N–H and O–H groups in total. The first-order chi connectivity index (χ1) is 6.26. The smallest absolute Gasteiger partial charge is 0.213 e. The lowest BCUT2D eigenvalue weighted by molar-refractivity contribution is -0.0986. The molecule has 5 nitrogen and oxygen atoms in total. The summed E-state index contributed by atoms with van der Waals surface area (Å²) in [6.07, 6.45) is 0. The first-order valence-corrected chi connectivity index (χ1v) is 4.18. The van der Waals surface area contributed by atoms with Crippen molar-refractivity contribution in [3.8, 4) is 6.07 Å². The minimum absolute atomic E-state index is 0.428. The highest BCUT2D eigenvalue weighted by molar-refractivity contribution is 5.26. The van der Waals surface area contributed by atoms with Gasteiger partial charge in [-0.2, -0.15) is 10.3 Å². The number of fused-ring (bicyclic) bond motifs is 1. The molecule has 0 aromatic carbocycles. The van der Waals surface area contributed by atoms with Gasteiger partial charge in [0.05, 0.1) is 24.5 Å². The lowest BCUT2D eigenvalue weighted by Crippen LogP contribution is -2.13. The molecule has 0 saturated carbocycles. The van der Waals surface area contributed by atoms with Crippen LogP contribution in [0, 0.1) is 11.3 Å². The van der Waals surface area contributed by atoms with Gasteiger partial charge in [-0.25, -0.2) is 4.98 Å². The quantitative estimate of drug-likeness (QED) is 0.679. The Kier molecular flexibility index (Phi) is 1.79. The van der Waals surface area contributed by atoms with Gasteiger partial charge >= 0.3 is 0 Å². The molecule has 2 heterocycles. The lowest BCUT2D eigenvalue weighted by atomic mass is 10.4. The molecule has 1 aliphatic heterocycles. The van der Waals surface area contributed by atoms with Crippen LogP contribution in [0.2, 0.25) is 0 Å². The Morgan fingerprint density at radius 2 is 2.38 bits per heavy atom. The summed E-state index contributed by atoms with van der Waals surface area (Å²) in [4.78, 5) is 4.13. The number of rotatable bonds is 1. The zero-order chi connectivity index (χ0) is 9.42. The first kappa shape index (κ1) is 8.23. The standard InChI is InChI=1S/C8H10N4O/c1-2-12-7-5-11(13)4-6(7)10-8(12)3-9/h13H,2,4-5H2,1H3. The van der Waals surface area contributed by atoms with Gasteiger partial charge in [-0.05, 0) is 6.92 Å². The van der Waals surface area contributed by atoms with E-state index in [0.29, 0.717) is 18.9 Å². The summed E-state index contributed by atoms with van der Waals surface area (Å²) in [6, 6.07) is 2.04. The molecule has 0 atom stereocenters. The Labute approximate surface area is 75.8 Å². The molecule has 0 bridgehead atoms. The van der Waals surface area contributed by atoms with Gasteiger partial charge in [-0.1, -0.05) is 0 Å². The number of hydrogen-bond donors (Lipinski definition) is 1. The van der Waals surface area contributed by atoms with Gasteiger partial charge in [0, 0.05) is 6.54 Å². The highest BCUT2D eigenvalue weighted by atomic mass is 16.5. The highest BCUT2D eigenvalue weighted by Gasteiger charge is 2.24. The van der Waals surface area contributed by atoms with Crippen LogP contribution >= 0.6 is 0 Å². The first-order valence-electron chi connectivity index (χ1n) is 4.18. The van der Waals surface area contributed by atoms with Crippen molar-refractivity contribution >= 4 is 0 Å². The number of nitrogens with zero attached hydrogens (tertiary/aromatic N) is 4. The zero-order valence-corrected chi connectivity index (χ0v) is 7.36. The maximum Gasteiger partial charge on any atom is 0.213 e. The fourth-order valence-electron chi connectivity index (χ4n) is 1.67. The molecule has 0 saturated heterocycles. The summed E-state index contributed by atoms with van der Waals surface area (Å²) in [5.41, 5.74) is 1.78. The fraction of sp³-hybridized carbons (Fsp3) is 0.500. The number of nitriles is 1. The van der Waals surface area contributed by atoms with Crippen molar-refractivity contribution in [3.05, 3.63) is 17.2 Å². The van der Waals surface area contributed by atoms with E-state index < -0.39 is 0 Å². The highest BCUT2D eigenvalue weighted by Crippen LogP contribution is 2.21. The number of hydroxylamine groups is 2. The van der Waals surface area contributed by atoms with Gasteiger partial charge < -0.3 is 9.77 Å². The van der Waals surface area contributed by atoms with E-state index >= 15 is 0 Å². The molecule has 0 fully saturated rings. The topological polar surface area (TPSA) is 65.1 Å². The molecule has 68 valence electrons. The van der Waals surface area contributed by atoms with Gasteiger partial charge in [0.2, 0.25) is 5.82 Å². The van der Waals surface area contributed by atoms with Crippen LogP contribution in [0.3, 0.4) is 0 Å². The van der Waals surface area contributed by atoms with Crippen LogP contribution in [0.15, 0.2) is 0 Å². The lowest BCUT2D eigenvalue weighted by Gasteiger charge is -2.06. The van der Waals surface area contributed by atoms with Crippen LogP contribution in [0.5, 0.6) is 0 Å². The van der Waals surface area contributed by atoms with E-state index in [9.17, 15) is 5.21 Å². The second-order valence-electron chi connectivity index (χ2n) is 3.01. The third-order valence-corrected chi connectivity index (χ3v) is 2.24. The molecule has 0 unspecified atom stereocenters. The van der Waals surface area contributed by atoms with E-state index in [2.05, 4.69) is 4.98 Å². The van der Waals surface area contributed by atoms with Crippen molar-refractivity contribution in [2.75, 3.05) is 0 Å². The SMILES string of the molecule is CCn1c(C#N)nc2c1CN(O)C2. The molecule has 5 heteroatoms. The molecule has 1 aromatic heterocycles. The van der Waals surface area contributed by atoms with Gasteiger partial charge in [0.15, 0.2) is 0 Å². The number of aromatic nitrogens is 2. The minimum atomic E-state index is 0.428. The largest absolute Gasteiger partial charge is 0.318 e. The maximum absolute atomic E-state index is 9.22. The van der Waals surface area contributed by atoms with Crippen molar-refractivity contribution in [3.63, 3.8) is 0 Å². The van der Waals surface area contributed by atoms with Crippen LogP contribution < -0.4 is 0 Å². The van der Waals surface area contributed by atoms with E-state index in [-0.39, 0.29) is 0 Å². The summed E-state index contributed by atoms with van der Waals surface area (Å²) in [5, 5.41) is 19.2. The van der Waals surface area contributed by atoms with Crippen LogP contribution in [0.25, 0.3) is 0 Å². The predicted octanol–water partition coefficient (Wildman–Crippen LogP) is 0.479. The van der Waals surface area contributed by atoms with E-state index in [1.54, 1.807) is 0 Å². The van der Waals surface area contributed by atoms with Crippen molar-refractivity contribution in [1.82, 2.24) is 14.6 Å². The second-order valence-corrected chi connectivity index (χ2v) is 3.01. The van der Waals surface area contributed by atoms with Crippen molar-refractivity contribution < 1.29 is 5.21 Å². The Morgan fingerprint density at radius 3 is 3.00 bits per heavy atom. The molecule has 1 aliphatic rings. The molecule has 0 aliphatic carbocycles. The molecule has 0 radical (unpaired) electrons. The molecule has 1 aromatic rings. The van der Waals surface area contributed by atoms with Crippen LogP contribution in [-0.4, -0.2) is 19.8 Å². The summed E-state index contributed by atoms with van der Waals surface area (Å²) >= 11 is 0. The van der Waals surface area contributed by atoms with Crippen molar-refractivity contribution in [2.24, 2.45) is 0 Å². The van der Waals surface area contributed by atoms with Crippen molar-refractivity contribution in [1.29, 1.82) is 5.26 Å². The summed E-state index contributed by atoms with van der Waals surface area (Å²) in [7, 11) is 0. The van der Waals surface area contributed by atoms with Gasteiger partial charge in [-0.3, -0.25) is 0 Å². The summed E-state index contributed by atoms with van der Waals surface area (Å²) < 4.78 is 1.84. The van der Waals surface area contributed by atoms with Crippen molar-refractivity contribution in [2.45, 2.75) is 26.6 Å². The van der Waals surface area contributed by atoms with Crippen LogP contribution in [-0.2, 0) is 19.6 Å². The van der Waals surface area contributed by atoms with E-state index in [1.807, 2.05) is 17.6 Å². The number of hydrogen-bond acceptors (Lipinski definition) is 4. The molecule has 0 amide bonds. The van der Waals surface area contributed by atoms with Crippen LogP contribution in [0.4, 0.5) is 0 Å². The molecule has 2 rings (SSSR count). The molecular formula is C8H10N4O. The summed E-state index contributed by atoms with van der Waals surface area (Å²) in [5.74, 6) is 0.445. The predicted molar refractivity (Wildman–Crippen MR) is 43.6 cm³/mol. The summed E-state index contributed by atoms with van der Waals surface area (Å²) in [6.45, 7) is 3.58. The Bertz CT molecular complexity index is 376. The number of imidazole rings is 1. The van der Waals surface area contributed by atoms with E-state index in [0.717, 1.165) is 17.9 Å². The average Bonchev–Trinajstić information content (AvgIpc) is 2.59. The zero-order valence-electron chi connectivity index (χ0n) is 7.36. The average molecular weight is 178 g/mol. The second kappa shape index (κ2) is 2.83. The third kappa shape index (κ3) is 1.11.